The largest absolute Gasteiger partial charge is 0.472 e. The van der Waals surface area contributed by atoms with E-state index in [4.69, 9.17) is 13.6 Å². The summed E-state index contributed by atoms with van der Waals surface area (Å²) >= 11 is 0. The molecule has 20 heavy (non-hydrogen) atoms. The third kappa shape index (κ3) is 2.61. The van der Waals surface area contributed by atoms with Crippen LogP contribution in [-0.4, -0.2) is 11.0 Å². The van der Waals surface area contributed by atoms with Gasteiger partial charge in [0.25, 0.3) is 0 Å². The minimum atomic E-state index is -0.474. The molecule has 0 atom stereocenters. The van der Waals surface area contributed by atoms with Gasteiger partial charge < -0.3 is 13.6 Å². The third-order valence-electron chi connectivity index (χ3n) is 2.70. The summed E-state index contributed by atoms with van der Waals surface area (Å²) in [5, 5.41) is 0. The summed E-state index contributed by atoms with van der Waals surface area (Å²) in [5.74, 6) is 0.513. The highest BCUT2D eigenvalue weighted by Crippen LogP contribution is 2.20. The van der Waals surface area contributed by atoms with Gasteiger partial charge in [0.2, 0.25) is 5.89 Å². The van der Waals surface area contributed by atoms with Gasteiger partial charge in [-0.1, -0.05) is 30.3 Å². The van der Waals surface area contributed by atoms with E-state index >= 15 is 0 Å². The highest BCUT2D eigenvalue weighted by molar-refractivity contribution is 5.88. The van der Waals surface area contributed by atoms with Gasteiger partial charge in [-0.2, -0.15) is 0 Å². The maximum Gasteiger partial charge on any atom is 0.341 e. The van der Waals surface area contributed by atoms with Gasteiger partial charge in [-0.05, 0) is 6.07 Å². The van der Waals surface area contributed by atoms with Crippen molar-refractivity contribution < 1.29 is 18.4 Å². The standard InChI is InChI=1S/C15H11NO4/c17-15(12-6-7-18-9-12)19-10-14-16-8-13(20-14)11-4-2-1-3-5-11/h1-9H,10H2. The Morgan fingerprint density at radius 1 is 1.20 bits per heavy atom. The molecule has 0 radical (unpaired) electrons. The molecule has 5 heteroatoms. The van der Waals surface area contributed by atoms with Crippen LogP contribution in [0.3, 0.4) is 0 Å². The van der Waals surface area contributed by atoms with E-state index in [1.807, 2.05) is 30.3 Å². The molecule has 1 aromatic carbocycles. The molecule has 0 amide bonds. The van der Waals surface area contributed by atoms with Gasteiger partial charge in [0.15, 0.2) is 12.4 Å². The molecule has 3 aromatic rings. The predicted molar refractivity (Wildman–Crippen MR) is 69.8 cm³/mol. The molecule has 0 N–H and O–H groups in total. The number of hydrogen-bond donors (Lipinski definition) is 0. The van der Waals surface area contributed by atoms with Crippen molar-refractivity contribution in [2.45, 2.75) is 6.61 Å². The van der Waals surface area contributed by atoms with Crippen LogP contribution in [0.5, 0.6) is 0 Å². The quantitative estimate of drug-likeness (QED) is 0.680. The van der Waals surface area contributed by atoms with Crippen molar-refractivity contribution in [2.24, 2.45) is 0 Å². The average molecular weight is 269 g/mol. The van der Waals surface area contributed by atoms with Gasteiger partial charge in [0, 0.05) is 5.56 Å². The number of aromatic nitrogens is 1. The first-order chi connectivity index (χ1) is 9.83. The molecule has 0 fully saturated rings. The average Bonchev–Trinajstić information content (AvgIpc) is 3.17. The van der Waals surface area contributed by atoms with Crippen LogP contribution < -0.4 is 0 Å². The molecule has 100 valence electrons. The molecule has 3 rings (SSSR count). The predicted octanol–water partition coefficient (Wildman–Crippen LogP) is 3.29. The lowest BCUT2D eigenvalue weighted by Crippen LogP contribution is -2.03. The van der Waals surface area contributed by atoms with Crippen LogP contribution in [0.1, 0.15) is 16.2 Å². The molecule has 0 aliphatic heterocycles. The second kappa shape index (κ2) is 5.44. The molecule has 0 unspecified atom stereocenters. The summed E-state index contributed by atoms with van der Waals surface area (Å²) < 4.78 is 15.4. The fraction of sp³-hybridized carbons (Fsp3) is 0.0667. The van der Waals surface area contributed by atoms with E-state index in [0.29, 0.717) is 17.2 Å². The van der Waals surface area contributed by atoms with E-state index in [1.54, 1.807) is 6.20 Å². The zero-order valence-corrected chi connectivity index (χ0v) is 10.5. The van der Waals surface area contributed by atoms with Crippen molar-refractivity contribution >= 4 is 5.97 Å². The second-order valence-corrected chi connectivity index (χ2v) is 4.07. The van der Waals surface area contributed by atoms with Gasteiger partial charge in [-0.3, -0.25) is 0 Å². The molecule has 0 aliphatic carbocycles. The summed E-state index contributed by atoms with van der Waals surface area (Å²) in [6, 6.07) is 11.1. The van der Waals surface area contributed by atoms with Crippen molar-refractivity contribution in [1.29, 1.82) is 0 Å². The van der Waals surface area contributed by atoms with Crippen molar-refractivity contribution in [3.63, 3.8) is 0 Å². The van der Waals surface area contributed by atoms with Crippen LogP contribution in [0.2, 0.25) is 0 Å². The molecule has 0 saturated heterocycles. The second-order valence-electron chi connectivity index (χ2n) is 4.07. The number of carbonyl (C=O) groups excluding carboxylic acids is 1. The molecular weight excluding hydrogens is 258 g/mol. The topological polar surface area (TPSA) is 65.5 Å². The lowest BCUT2D eigenvalue weighted by molar-refractivity contribution is 0.0438. The van der Waals surface area contributed by atoms with Crippen LogP contribution in [0.4, 0.5) is 0 Å². The number of nitrogens with zero attached hydrogens (tertiary/aromatic N) is 1. The number of benzene rings is 1. The van der Waals surface area contributed by atoms with Crippen molar-refractivity contribution in [3.8, 4) is 11.3 Å². The van der Waals surface area contributed by atoms with Crippen LogP contribution in [0, 0.1) is 0 Å². The Morgan fingerprint density at radius 2 is 2.05 bits per heavy atom. The smallest absolute Gasteiger partial charge is 0.341 e. The fourth-order valence-corrected chi connectivity index (χ4v) is 1.70. The highest BCUT2D eigenvalue weighted by Gasteiger charge is 2.11. The van der Waals surface area contributed by atoms with Crippen molar-refractivity contribution in [2.75, 3.05) is 0 Å². The number of rotatable bonds is 4. The molecular formula is C15H11NO4. The van der Waals surface area contributed by atoms with Gasteiger partial charge in [-0.25, -0.2) is 9.78 Å². The maximum absolute atomic E-state index is 11.6. The van der Waals surface area contributed by atoms with Crippen LogP contribution >= 0.6 is 0 Å². The Hall–Kier alpha value is -2.82. The van der Waals surface area contributed by atoms with Gasteiger partial charge in [0.05, 0.1) is 18.0 Å². The number of carbonyl (C=O) groups is 1. The van der Waals surface area contributed by atoms with Crippen molar-refractivity contribution in [3.05, 3.63) is 66.6 Å². The van der Waals surface area contributed by atoms with Gasteiger partial charge >= 0.3 is 5.97 Å². The van der Waals surface area contributed by atoms with E-state index in [-0.39, 0.29) is 6.61 Å². The van der Waals surface area contributed by atoms with E-state index in [1.165, 1.54) is 18.6 Å². The Labute approximate surface area is 114 Å². The first kappa shape index (κ1) is 12.2. The van der Waals surface area contributed by atoms with E-state index < -0.39 is 5.97 Å². The first-order valence-electron chi connectivity index (χ1n) is 6.02. The summed E-state index contributed by atoms with van der Waals surface area (Å²) in [6.45, 7) is -0.0170. The highest BCUT2D eigenvalue weighted by atomic mass is 16.5. The van der Waals surface area contributed by atoms with E-state index in [9.17, 15) is 4.79 Å². The Bertz CT molecular complexity index is 686. The van der Waals surface area contributed by atoms with Crippen LogP contribution in [-0.2, 0) is 11.3 Å². The first-order valence-corrected chi connectivity index (χ1v) is 6.02. The zero-order valence-electron chi connectivity index (χ0n) is 10.5. The Kier molecular flexibility index (Phi) is 3.33. The molecule has 0 bridgehead atoms. The SMILES string of the molecule is O=C(OCc1ncc(-c2ccccc2)o1)c1ccoc1. The Balaban J connectivity index is 1.65. The van der Waals surface area contributed by atoms with E-state index in [2.05, 4.69) is 4.98 Å². The maximum atomic E-state index is 11.6. The monoisotopic (exact) mass is 269 g/mol. The fourth-order valence-electron chi connectivity index (χ4n) is 1.70. The summed E-state index contributed by atoms with van der Waals surface area (Å²) in [7, 11) is 0. The normalized spacial score (nSPS) is 10.4. The summed E-state index contributed by atoms with van der Waals surface area (Å²) in [6.07, 6.45) is 4.35. The number of hydrogen-bond acceptors (Lipinski definition) is 5. The van der Waals surface area contributed by atoms with Gasteiger partial charge in [0.1, 0.15) is 6.26 Å². The molecule has 2 heterocycles. The third-order valence-corrected chi connectivity index (χ3v) is 2.70. The van der Waals surface area contributed by atoms with E-state index in [0.717, 1.165) is 5.56 Å². The number of esters is 1. The number of ether oxygens (including phenoxy) is 1. The summed E-state index contributed by atoms with van der Waals surface area (Å²) in [5.41, 5.74) is 1.28. The van der Waals surface area contributed by atoms with Crippen LogP contribution in [0.15, 0.2) is 64.0 Å². The zero-order chi connectivity index (χ0) is 13.8. The number of furan rings is 1. The number of oxazole rings is 1. The molecule has 0 saturated carbocycles. The molecule has 0 aliphatic rings. The lowest BCUT2D eigenvalue weighted by Gasteiger charge is -1.99. The van der Waals surface area contributed by atoms with Crippen molar-refractivity contribution in [1.82, 2.24) is 4.98 Å². The molecule has 0 spiro atoms. The minimum absolute atomic E-state index is 0.0170. The Morgan fingerprint density at radius 3 is 2.80 bits per heavy atom. The van der Waals surface area contributed by atoms with Crippen LogP contribution in [0.25, 0.3) is 11.3 Å². The minimum Gasteiger partial charge on any atom is -0.472 e. The summed E-state index contributed by atoms with van der Waals surface area (Å²) in [4.78, 5) is 15.7. The molecule has 2 aromatic heterocycles. The van der Waals surface area contributed by atoms with Gasteiger partial charge in [-0.15, -0.1) is 0 Å². The molecule has 5 nitrogen and oxygen atoms in total. The lowest BCUT2D eigenvalue weighted by atomic mass is 10.2.